The summed E-state index contributed by atoms with van der Waals surface area (Å²) in [5, 5.41) is 16.2. The maximum atomic E-state index is 11.7. The van der Waals surface area contributed by atoms with Crippen LogP contribution in [-0.2, 0) is 9.84 Å². The van der Waals surface area contributed by atoms with Crippen LogP contribution >= 0.6 is 0 Å². The van der Waals surface area contributed by atoms with Gasteiger partial charge in [-0.05, 0) is 30.3 Å². The predicted octanol–water partition coefficient (Wildman–Crippen LogP) is 3.60. The quantitative estimate of drug-likeness (QED) is 0.375. The third-order valence-electron chi connectivity index (χ3n) is 4.70. The molecule has 0 saturated carbocycles. The number of nitrogens with zero attached hydrogens (tertiary/aromatic N) is 5. The maximum absolute atomic E-state index is 11.7. The van der Waals surface area contributed by atoms with Gasteiger partial charge in [-0.3, -0.25) is 5.10 Å². The minimum absolute atomic E-state index is 0.0713. The van der Waals surface area contributed by atoms with E-state index in [9.17, 15) is 13.7 Å². The van der Waals surface area contributed by atoms with Crippen LogP contribution in [-0.4, -0.2) is 44.8 Å². The van der Waals surface area contributed by atoms with Crippen molar-refractivity contribution in [1.82, 2.24) is 30.1 Å². The van der Waals surface area contributed by atoms with Gasteiger partial charge >= 0.3 is 0 Å². The molecule has 4 aromatic heterocycles. The molecule has 0 bridgehead atoms. The molecule has 0 aliphatic rings. The van der Waals surface area contributed by atoms with E-state index in [2.05, 4.69) is 30.1 Å². The average Bonchev–Trinajstić information content (AvgIpc) is 3.49. The standard InChI is InChI=1S/C22H15N7O4S/c1-34(30,31)21-5-4-13(12-25-21)32-19-9-15-16(28-22(27-15)14-6-8-26-29-14)10-20(19)33-18-3-2-7-24-17(18)11-23/h2-10,12H,1H3,(H,26,29)(H,27,28). The third-order valence-corrected chi connectivity index (χ3v) is 5.71. The number of aromatic amines is 2. The number of hydrogen-bond acceptors (Lipinski definition) is 9. The van der Waals surface area contributed by atoms with Gasteiger partial charge in [-0.1, -0.05) is 0 Å². The monoisotopic (exact) mass is 473 g/mol. The molecule has 12 heteroatoms. The van der Waals surface area contributed by atoms with E-state index in [1.165, 1.54) is 24.5 Å². The van der Waals surface area contributed by atoms with Crippen LogP contribution in [0.25, 0.3) is 22.6 Å². The first-order chi connectivity index (χ1) is 16.4. The normalized spacial score (nSPS) is 11.3. The van der Waals surface area contributed by atoms with Crippen molar-refractivity contribution in [3.05, 3.63) is 66.7 Å². The molecule has 0 amide bonds. The summed E-state index contributed by atoms with van der Waals surface area (Å²) in [4.78, 5) is 15.7. The molecule has 34 heavy (non-hydrogen) atoms. The molecule has 11 nitrogen and oxygen atoms in total. The zero-order valence-electron chi connectivity index (χ0n) is 17.6. The Hall–Kier alpha value is -4.76. The summed E-state index contributed by atoms with van der Waals surface area (Å²) in [6, 6.07) is 13.2. The molecule has 0 fully saturated rings. The van der Waals surface area contributed by atoms with Crippen LogP contribution in [0.15, 0.2) is 66.1 Å². The number of rotatable bonds is 6. The number of nitrogens with one attached hydrogen (secondary N) is 2. The molecule has 0 aliphatic carbocycles. The number of imidazole rings is 1. The molecule has 5 rings (SSSR count). The second-order valence-corrected chi connectivity index (χ2v) is 9.09. The summed E-state index contributed by atoms with van der Waals surface area (Å²) in [5.74, 6) is 1.62. The van der Waals surface area contributed by atoms with Gasteiger partial charge in [-0.2, -0.15) is 10.4 Å². The molecule has 2 N–H and O–H groups in total. The Morgan fingerprint density at radius 1 is 1.03 bits per heavy atom. The van der Waals surface area contributed by atoms with Gasteiger partial charge in [0.1, 0.15) is 17.5 Å². The number of sulfone groups is 1. The van der Waals surface area contributed by atoms with E-state index in [1.54, 1.807) is 36.5 Å². The Morgan fingerprint density at radius 2 is 1.88 bits per heavy atom. The number of nitriles is 1. The number of benzene rings is 1. The van der Waals surface area contributed by atoms with Crippen molar-refractivity contribution in [2.24, 2.45) is 0 Å². The molecule has 1 aromatic carbocycles. The third kappa shape index (κ3) is 4.15. The van der Waals surface area contributed by atoms with Gasteiger partial charge in [0.05, 0.1) is 17.2 Å². The minimum Gasteiger partial charge on any atom is -0.452 e. The van der Waals surface area contributed by atoms with Crippen molar-refractivity contribution in [2.45, 2.75) is 5.03 Å². The molecule has 0 aliphatic heterocycles. The lowest BCUT2D eigenvalue weighted by Gasteiger charge is -2.13. The first kappa shape index (κ1) is 21.1. The van der Waals surface area contributed by atoms with E-state index >= 15 is 0 Å². The van der Waals surface area contributed by atoms with E-state index in [0.29, 0.717) is 22.6 Å². The van der Waals surface area contributed by atoms with Crippen molar-refractivity contribution < 1.29 is 17.9 Å². The Balaban J connectivity index is 1.58. The predicted molar refractivity (Wildman–Crippen MR) is 120 cm³/mol. The largest absolute Gasteiger partial charge is 0.452 e. The average molecular weight is 473 g/mol. The zero-order valence-corrected chi connectivity index (χ0v) is 18.4. The second-order valence-electron chi connectivity index (χ2n) is 7.13. The smallest absolute Gasteiger partial charge is 0.192 e. The molecule has 0 atom stereocenters. The van der Waals surface area contributed by atoms with Crippen LogP contribution in [0.4, 0.5) is 0 Å². The van der Waals surface area contributed by atoms with Crippen LogP contribution in [0, 0.1) is 11.3 Å². The van der Waals surface area contributed by atoms with Crippen molar-refractivity contribution in [3.8, 4) is 40.6 Å². The first-order valence-corrected chi connectivity index (χ1v) is 11.7. The lowest BCUT2D eigenvalue weighted by atomic mass is 10.2. The number of H-pyrrole nitrogens is 2. The highest BCUT2D eigenvalue weighted by molar-refractivity contribution is 7.90. The van der Waals surface area contributed by atoms with Crippen LogP contribution in [0.2, 0.25) is 0 Å². The summed E-state index contributed by atoms with van der Waals surface area (Å²) in [5.41, 5.74) is 1.95. The van der Waals surface area contributed by atoms with Gasteiger partial charge < -0.3 is 14.5 Å². The molecule has 4 heterocycles. The summed E-state index contributed by atoms with van der Waals surface area (Å²) in [6.45, 7) is 0. The number of fused-ring (bicyclic) bond motifs is 1. The van der Waals surface area contributed by atoms with Crippen molar-refractivity contribution in [1.29, 1.82) is 5.26 Å². The molecule has 0 unspecified atom stereocenters. The molecule has 168 valence electrons. The topological polar surface area (TPSA) is 160 Å². The SMILES string of the molecule is CS(=O)(=O)c1ccc(Oc2cc3[nH]c(-c4cc[nH]n4)nc3cc2Oc2cccnc2C#N)cn1. The lowest BCUT2D eigenvalue weighted by Crippen LogP contribution is -2.00. The van der Waals surface area contributed by atoms with Crippen molar-refractivity contribution in [3.63, 3.8) is 0 Å². The lowest BCUT2D eigenvalue weighted by molar-refractivity contribution is 0.416. The summed E-state index contributed by atoms with van der Waals surface area (Å²) >= 11 is 0. The van der Waals surface area contributed by atoms with Crippen molar-refractivity contribution in [2.75, 3.05) is 6.26 Å². The fourth-order valence-electron chi connectivity index (χ4n) is 3.14. The number of pyridine rings is 2. The van der Waals surface area contributed by atoms with Crippen LogP contribution < -0.4 is 9.47 Å². The fraction of sp³-hybridized carbons (Fsp3) is 0.0455. The maximum Gasteiger partial charge on any atom is 0.192 e. The Bertz CT molecular complexity index is 1640. The van der Waals surface area contributed by atoms with E-state index in [-0.39, 0.29) is 33.7 Å². The highest BCUT2D eigenvalue weighted by atomic mass is 32.2. The van der Waals surface area contributed by atoms with Gasteiger partial charge in [0.2, 0.25) is 0 Å². The highest BCUT2D eigenvalue weighted by Crippen LogP contribution is 2.38. The number of ether oxygens (including phenoxy) is 2. The van der Waals surface area contributed by atoms with Crippen LogP contribution in [0.1, 0.15) is 5.69 Å². The summed E-state index contributed by atoms with van der Waals surface area (Å²) < 4.78 is 35.3. The molecule has 0 spiro atoms. The second kappa shape index (κ2) is 8.30. The van der Waals surface area contributed by atoms with Crippen molar-refractivity contribution >= 4 is 20.9 Å². The summed E-state index contributed by atoms with van der Waals surface area (Å²) in [7, 11) is -3.45. The van der Waals surface area contributed by atoms with Gasteiger partial charge in [-0.15, -0.1) is 0 Å². The minimum atomic E-state index is -3.45. The zero-order chi connectivity index (χ0) is 23.7. The van der Waals surface area contributed by atoms with E-state index in [4.69, 9.17) is 9.47 Å². The number of hydrogen-bond donors (Lipinski definition) is 2. The molecule has 5 aromatic rings. The van der Waals surface area contributed by atoms with E-state index < -0.39 is 9.84 Å². The number of aromatic nitrogens is 6. The molecular formula is C22H15N7O4S. The van der Waals surface area contributed by atoms with E-state index in [1.807, 2.05) is 6.07 Å². The Labute approximate surface area is 193 Å². The van der Waals surface area contributed by atoms with Gasteiger partial charge in [-0.25, -0.2) is 23.4 Å². The van der Waals surface area contributed by atoms with Gasteiger partial charge in [0.15, 0.2) is 43.6 Å². The van der Waals surface area contributed by atoms with Crippen LogP contribution in [0.3, 0.4) is 0 Å². The Morgan fingerprint density at radius 3 is 2.59 bits per heavy atom. The van der Waals surface area contributed by atoms with Gasteiger partial charge in [0.25, 0.3) is 0 Å². The molecule has 0 saturated heterocycles. The van der Waals surface area contributed by atoms with Gasteiger partial charge in [0, 0.05) is 30.8 Å². The Kier molecular flexibility index (Phi) is 5.15. The van der Waals surface area contributed by atoms with E-state index in [0.717, 1.165) is 6.26 Å². The first-order valence-electron chi connectivity index (χ1n) is 9.81. The highest BCUT2D eigenvalue weighted by Gasteiger charge is 2.17. The molecule has 0 radical (unpaired) electrons. The van der Waals surface area contributed by atoms with Crippen LogP contribution in [0.5, 0.6) is 23.0 Å². The molecular weight excluding hydrogens is 458 g/mol. The summed E-state index contributed by atoms with van der Waals surface area (Å²) in [6.07, 6.45) is 5.55. The fourth-order valence-corrected chi connectivity index (χ4v) is 3.70.